The largest absolute Gasteiger partial charge is 0.497 e. The molecule has 3 aromatic carbocycles. The minimum atomic E-state index is -0.631. The number of urea groups is 1. The van der Waals surface area contributed by atoms with Crippen molar-refractivity contribution in [2.45, 2.75) is 25.0 Å². The fraction of sp³-hybridized carbons (Fsp3) is 0.286. The summed E-state index contributed by atoms with van der Waals surface area (Å²) in [6, 6.07) is 17.7. The zero-order chi connectivity index (χ0) is 25.9. The van der Waals surface area contributed by atoms with Crippen LogP contribution in [0.3, 0.4) is 0 Å². The van der Waals surface area contributed by atoms with Crippen LogP contribution < -0.4 is 24.3 Å². The van der Waals surface area contributed by atoms with Gasteiger partial charge in [-0.1, -0.05) is 18.2 Å². The van der Waals surface area contributed by atoms with E-state index in [9.17, 15) is 9.59 Å². The lowest BCUT2D eigenvalue weighted by Crippen LogP contribution is -2.37. The van der Waals surface area contributed by atoms with Crippen molar-refractivity contribution in [3.63, 3.8) is 0 Å². The number of likely N-dealkylation sites (tertiary alicyclic amines) is 1. The molecule has 0 saturated carbocycles. The SMILES string of the molecule is COc1ccc(C2C(OC=O)C(c3ccc4c(c3)OCO4)CN2C(=O)Nc2ccc(OC)cc2C)cc1. The summed E-state index contributed by atoms with van der Waals surface area (Å²) in [5, 5.41) is 3.02. The minimum absolute atomic E-state index is 0.155. The van der Waals surface area contributed by atoms with Gasteiger partial charge in [0.1, 0.15) is 17.6 Å². The average molecular weight is 505 g/mol. The summed E-state index contributed by atoms with van der Waals surface area (Å²) in [7, 11) is 3.19. The number of hydrogen-bond donors (Lipinski definition) is 1. The van der Waals surface area contributed by atoms with E-state index in [-0.39, 0.29) is 18.7 Å². The van der Waals surface area contributed by atoms with Gasteiger partial charge in [0.15, 0.2) is 11.5 Å². The van der Waals surface area contributed by atoms with Gasteiger partial charge in [0, 0.05) is 18.2 Å². The van der Waals surface area contributed by atoms with Crippen molar-refractivity contribution in [1.82, 2.24) is 4.90 Å². The second-order valence-corrected chi connectivity index (χ2v) is 8.90. The molecule has 3 aromatic rings. The first kappa shape index (κ1) is 24.3. The Labute approximate surface area is 214 Å². The Bertz CT molecular complexity index is 1290. The molecule has 0 bridgehead atoms. The number of rotatable bonds is 7. The van der Waals surface area contributed by atoms with Gasteiger partial charge in [-0.25, -0.2) is 4.79 Å². The Kier molecular flexibility index (Phi) is 6.76. The summed E-state index contributed by atoms with van der Waals surface area (Å²) < 4.78 is 27.3. The van der Waals surface area contributed by atoms with Crippen LogP contribution >= 0.6 is 0 Å². The van der Waals surface area contributed by atoms with E-state index in [2.05, 4.69) is 5.32 Å². The van der Waals surface area contributed by atoms with Crippen molar-refractivity contribution in [3.05, 3.63) is 77.4 Å². The van der Waals surface area contributed by atoms with Crippen molar-refractivity contribution in [2.75, 3.05) is 32.9 Å². The highest BCUT2D eigenvalue weighted by atomic mass is 16.7. The number of fused-ring (bicyclic) bond motifs is 1. The van der Waals surface area contributed by atoms with Gasteiger partial charge >= 0.3 is 6.03 Å². The number of amides is 2. The second-order valence-electron chi connectivity index (χ2n) is 8.90. The zero-order valence-electron chi connectivity index (χ0n) is 20.8. The molecule has 2 aliphatic rings. The number of carbonyl (C=O) groups is 2. The predicted octanol–water partition coefficient (Wildman–Crippen LogP) is 4.66. The highest BCUT2D eigenvalue weighted by Crippen LogP contribution is 2.45. The maximum atomic E-state index is 13.7. The van der Waals surface area contributed by atoms with E-state index in [0.29, 0.717) is 41.7 Å². The first-order chi connectivity index (χ1) is 18.0. The van der Waals surface area contributed by atoms with Gasteiger partial charge in [0.25, 0.3) is 6.47 Å². The van der Waals surface area contributed by atoms with Crippen LogP contribution in [0.15, 0.2) is 60.7 Å². The lowest BCUT2D eigenvalue weighted by atomic mass is 9.90. The number of methoxy groups -OCH3 is 2. The number of carbonyl (C=O) groups excluding carboxylic acids is 2. The van der Waals surface area contributed by atoms with Gasteiger partial charge in [0.05, 0.1) is 20.3 Å². The molecule has 37 heavy (non-hydrogen) atoms. The Balaban J connectivity index is 1.51. The van der Waals surface area contributed by atoms with Crippen molar-refractivity contribution in [3.8, 4) is 23.0 Å². The molecule has 0 spiro atoms. The lowest BCUT2D eigenvalue weighted by molar-refractivity contribution is -0.135. The van der Waals surface area contributed by atoms with Crippen LogP contribution in [0.25, 0.3) is 0 Å². The molecule has 9 heteroatoms. The third-order valence-corrected chi connectivity index (χ3v) is 6.87. The second kappa shape index (κ2) is 10.3. The number of anilines is 1. The van der Waals surface area contributed by atoms with Gasteiger partial charge < -0.3 is 33.9 Å². The number of nitrogens with zero attached hydrogens (tertiary/aromatic N) is 1. The van der Waals surface area contributed by atoms with Crippen molar-refractivity contribution < 1.29 is 33.3 Å². The first-order valence-electron chi connectivity index (χ1n) is 11.9. The molecule has 0 aliphatic carbocycles. The van der Waals surface area contributed by atoms with E-state index < -0.39 is 12.1 Å². The van der Waals surface area contributed by atoms with Crippen LogP contribution in [0.2, 0.25) is 0 Å². The zero-order valence-corrected chi connectivity index (χ0v) is 20.8. The Morgan fingerprint density at radius 1 is 0.946 bits per heavy atom. The number of aryl methyl sites for hydroxylation is 1. The molecule has 1 N–H and O–H groups in total. The summed E-state index contributed by atoms with van der Waals surface area (Å²) in [6.07, 6.45) is -0.631. The van der Waals surface area contributed by atoms with Gasteiger partial charge in [-0.2, -0.15) is 0 Å². The third kappa shape index (κ3) is 4.72. The number of ether oxygens (including phenoxy) is 5. The fourth-order valence-corrected chi connectivity index (χ4v) is 4.97. The van der Waals surface area contributed by atoms with Crippen LogP contribution in [-0.4, -0.2) is 51.1 Å². The quantitative estimate of drug-likeness (QED) is 0.468. The monoisotopic (exact) mass is 504 g/mol. The smallest absolute Gasteiger partial charge is 0.322 e. The van der Waals surface area contributed by atoms with E-state index in [1.165, 1.54) is 0 Å². The highest BCUT2D eigenvalue weighted by Gasteiger charge is 2.47. The molecular weight excluding hydrogens is 476 g/mol. The number of benzene rings is 3. The van der Waals surface area contributed by atoms with Crippen molar-refractivity contribution in [2.24, 2.45) is 0 Å². The first-order valence-corrected chi connectivity index (χ1v) is 11.9. The third-order valence-electron chi connectivity index (χ3n) is 6.87. The highest BCUT2D eigenvalue weighted by molar-refractivity contribution is 5.91. The summed E-state index contributed by atoms with van der Waals surface area (Å²) in [4.78, 5) is 27.1. The minimum Gasteiger partial charge on any atom is -0.497 e. The summed E-state index contributed by atoms with van der Waals surface area (Å²) in [5.74, 6) is 2.38. The predicted molar refractivity (Wildman–Crippen MR) is 135 cm³/mol. The molecule has 192 valence electrons. The van der Waals surface area contributed by atoms with Crippen LogP contribution in [0, 0.1) is 6.92 Å². The molecule has 1 fully saturated rings. The maximum absolute atomic E-state index is 13.7. The summed E-state index contributed by atoms with van der Waals surface area (Å²) in [6.45, 7) is 2.81. The van der Waals surface area contributed by atoms with E-state index in [1.807, 2.05) is 55.5 Å². The normalized spacial score (nSPS) is 19.9. The van der Waals surface area contributed by atoms with Gasteiger partial charge in [-0.15, -0.1) is 0 Å². The molecule has 5 rings (SSSR count). The van der Waals surface area contributed by atoms with E-state index >= 15 is 0 Å². The topological polar surface area (TPSA) is 95.6 Å². The van der Waals surface area contributed by atoms with E-state index in [0.717, 1.165) is 16.7 Å². The molecule has 1 saturated heterocycles. The summed E-state index contributed by atoms with van der Waals surface area (Å²) >= 11 is 0. The molecule has 0 radical (unpaired) electrons. The molecule has 9 nitrogen and oxygen atoms in total. The maximum Gasteiger partial charge on any atom is 0.322 e. The fourth-order valence-electron chi connectivity index (χ4n) is 4.97. The standard InChI is InChI=1S/C28H28N2O7/c1-17-12-21(34-3)9-10-23(17)29-28(32)30-14-22(19-6-11-24-25(13-19)37-16-36-24)27(35-15-31)26(30)18-4-7-20(33-2)8-5-18/h4-13,15,22,26-27H,14,16H2,1-3H3,(H,29,32). The Morgan fingerprint density at radius 3 is 2.35 bits per heavy atom. The molecule has 3 unspecified atom stereocenters. The number of hydrogen-bond acceptors (Lipinski definition) is 7. The Hall–Kier alpha value is -4.40. The van der Waals surface area contributed by atoms with E-state index in [1.54, 1.807) is 31.3 Å². The van der Waals surface area contributed by atoms with Gasteiger partial charge in [-0.3, -0.25) is 4.79 Å². The summed E-state index contributed by atoms with van der Waals surface area (Å²) in [5.41, 5.74) is 3.22. The number of nitrogens with one attached hydrogen (secondary N) is 1. The molecule has 0 aromatic heterocycles. The van der Waals surface area contributed by atoms with Crippen molar-refractivity contribution >= 4 is 18.2 Å². The van der Waals surface area contributed by atoms with Crippen LogP contribution in [0.4, 0.5) is 10.5 Å². The Morgan fingerprint density at radius 2 is 1.65 bits per heavy atom. The average Bonchev–Trinajstić information content (AvgIpc) is 3.54. The van der Waals surface area contributed by atoms with Crippen LogP contribution in [0.1, 0.15) is 28.7 Å². The molecule has 3 atom stereocenters. The van der Waals surface area contributed by atoms with Gasteiger partial charge in [-0.05, 0) is 66.1 Å². The van der Waals surface area contributed by atoms with Crippen molar-refractivity contribution in [1.29, 1.82) is 0 Å². The van der Waals surface area contributed by atoms with Crippen LogP contribution in [-0.2, 0) is 9.53 Å². The van der Waals surface area contributed by atoms with Gasteiger partial charge in [0.2, 0.25) is 6.79 Å². The lowest BCUT2D eigenvalue weighted by Gasteiger charge is -2.28. The van der Waals surface area contributed by atoms with Crippen LogP contribution in [0.5, 0.6) is 23.0 Å². The molecule has 2 amide bonds. The molecule has 2 heterocycles. The van der Waals surface area contributed by atoms with E-state index in [4.69, 9.17) is 23.7 Å². The molecule has 2 aliphatic heterocycles. The molecular formula is C28H28N2O7.